The summed E-state index contributed by atoms with van der Waals surface area (Å²) in [7, 11) is -2.57. The van der Waals surface area contributed by atoms with E-state index >= 15 is 0 Å². The van der Waals surface area contributed by atoms with Crippen LogP contribution in [0.3, 0.4) is 0 Å². The van der Waals surface area contributed by atoms with Crippen molar-refractivity contribution in [1.82, 2.24) is 0 Å². The fourth-order valence-corrected chi connectivity index (χ4v) is 0. The van der Waals surface area contributed by atoms with Crippen molar-refractivity contribution in [2.24, 2.45) is 0 Å². The topological polar surface area (TPSA) is 37.3 Å². The Morgan fingerprint density at radius 1 is 1.57 bits per heavy atom. The van der Waals surface area contributed by atoms with Crippen LogP contribution in [-0.2, 0) is 9.80 Å². The molecule has 0 aromatic carbocycles. The highest BCUT2D eigenvalue weighted by Gasteiger charge is 1.89. The minimum atomic E-state index is -2.57. The van der Waals surface area contributed by atoms with Crippen LogP contribution in [-0.4, -0.2) is 19.9 Å². The van der Waals surface area contributed by atoms with Crippen molar-refractivity contribution in [1.29, 1.82) is 0 Å². The summed E-state index contributed by atoms with van der Waals surface area (Å²) in [5, 5.41) is 0. The normalized spacial score (nSPS) is 18.3. The van der Waals surface area contributed by atoms with Gasteiger partial charge in [-0.15, -0.1) is 0 Å². The molecule has 0 saturated heterocycles. The summed E-state index contributed by atoms with van der Waals surface area (Å²) in [4.78, 5) is 0.576. The Balaban J connectivity index is 4.67. The molecule has 3 heteroatoms. The molecule has 0 aromatic heterocycles. The molecule has 0 rings (SSSR count). The number of hydrogen-bond donors (Lipinski definition) is 1. The SMILES string of the molecule is CC(C)=S(C)(=O)O. The summed E-state index contributed by atoms with van der Waals surface area (Å²) in [5.74, 6) is 0. The van der Waals surface area contributed by atoms with Crippen LogP contribution in [0.1, 0.15) is 13.8 Å². The zero-order valence-corrected chi connectivity index (χ0v) is 5.58. The van der Waals surface area contributed by atoms with E-state index in [2.05, 4.69) is 0 Å². The Kier molecular flexibility index (Phi) is 1.83. The molecule has 0 fully saturated rings. The average Bonchev–Trinajstić information content (AvgIpc) is 1.31. The van der Waals surface area contributed by atoms with Gasteiger partial charge in [0.05, 0.1) is 9.80 Å². The van der Waals surface area contributed by atoms with Crippen LogP contribution < -0.4 is 0 Å². The third-order valence-electron chi connectivity index (χ3n) is 0.757. The Morgan fingerprint density at radius 2 is 1.71 bits per heavy atom. The van der Waals surface area contributed by atoms with Crippen molar-refractivity contribution >= 4 is 14.7 Å². The Morgan fingerprint density at radius 3 is 1.71 bits per heavy atom. The zero-order valence-electron chi connectivity index (χ0n) is 4.76. The second kappa shape index (κ2) is 1.84. The fraction of sp³-hybridized carbons (Fsp3) is 0.750. The van der Waals surface area contributed by atoms with E-state index in [-0.39, 0.29) is 0 Å². The van der Waals surface area contributed by atoms with Gasteiger partial charge in [-0.3, -0.25) is 0 Å². The molecule has 0 aliphatic carbocycles. The first-order valence-corrected chi connectivity index (χ1v) is 3.88. The van der Waals surface area contributed by atoms with Gasteiger partial charge in [0, 0.05) is 11.1 Å². The third kappa shape index (κ3) is 2.65. The van der Waals surface area contributed by atoms with Gasteiger partial charge in [0.1, 0.15) is 0 Å². The third-order valence-corrected chi connectivity index (χ3v) is 2.27. The van der Waals surface area contributed by atoms with Gasteiger partial charge < -0.3 is 4.55 Å². The summed E-state index contributed by atoms with van der Waals surface area (Å²) in [6.45, 7) is 3.28. The van der Waals surface area contributed by atoms with E-state index in [0.29, 0.717) is 4.86 Å². The molecular weight excluding hydrogens is 112 g/mol. The highest BCUT2D eigenvalue weighted by molar-refractivity contribution is 7.96. The second-order valence-corrected chi connectivity index (χ2v) is 4.13. The van der Waals surface area contributed by atoms with E-state index in [1.165, 1.54) is 6.26 Å². The molecule has 0 aliphatic heterocycles. The monoisotopic (exact) mass is 122 g/mol. The van der Waals surface area contributed by atoms with Crippen LogP contribution >= 0.6 is 0 Å². The highest BCUT2D eigenvalue weighted by atomic mass is 32.2. The maximum Gasteiger partial charge on any atom is 0.0771 e. The molecule has 0 amide bonds. The average molecular weight is 122 g/mol. The summed E-state index contributed by atoms with van der Waals surface area (Å²) in [6.07, 6.45) is 1.31. The van der Waals surface area contributed by atoms with Gasteiger partial charge in [-0.05, 0) is 13.8 Å². The Hall–Kier alpha value is -0.0200. The molecule has 0 heterocycles. The molecule has 0 aromatic rings. The van der Waals surface area contributed by atoms with E-state index in [4.69, 9.17) is 4.55 Å². The molecule has 0 saturated carbocycles. The first-order valence-electron chi connectivity index (χ1n) is 1.96. The first kappa shape index (κ1) is 6.98. The van der Waals surface area contributed by atoms with Crippen molar-refractivity contribution in [3.8, 4) is 0 Å². The summed E-state index contributed by atoms with van der Waals surface area (Å²) < 4.78 is 19.0. The van der Waals surface area contributed by atoms with Crippen molar-refractivity contribution in [2.75, 3.05) is 6.26 Å². The lowest BCUT2D eigenvalue weighted by Crippen LogP contribution is -2.03. The van der Waals surface area contributed by atoms with Crippen molar-refractivity contribution in [2.45, 2.75) is 13.8 Å². The van der Waals surface area contributed by atoms with E-state index in [0.717, 1.165) is 0 Å². The molecular formula is C4H10O2S. The number of hydrogen-bond acceptors (Lipinski definition) is 1. The Labute approximate surface area is 44.4 Å². The molecule has 0 bridgehead atoms. The molecule has 7 heavy (non-hydrogen) atoms. The van der Waals surface area contributed by atoms with Crippen LogP contribution in [0.4, 0.5) is 0 Å². The Bertz CT molecular complexity index is 151. The van der Waals surface area contributed by atoms with Gasteiger partial charge in [-0.25, -0.2) is 4.21 Å². The summed E-state index contributed by atoms with van der Waals surface area (Å²) in [5.41, 5.74) is 0. The quantitative estimate of drug-likeness (QED) is 0.477. The van der Waals surface area contributed by atoms with Crippen LogP contribution in [0.25, 0.3) is 0 Å². The van der Waals surface area contributed by atoms with Gasteiger partial charge in [0.15, 0.2) is 0 Å². The minimum absolute atomic E-state index is 0.576. The van der Waals surface area contributed by atoms with Crippen molar-refractivity contribution in [3.63, 3.8) is 0 Å². The lowest BCUT2D eigenvalue weighted by Gasteiger charge is -1.92. The smallest absolute Gasteiger partial charge is 0.0771 e. The van der Waals surface area contributed by atoms with Gasteiger partial charge in [-0.1, -0.05) is 0 Å². The van der Waals surface area contributed by atoms with E-state index in [9.17, 15) is 4.21 Å². The first-order chi connectivity index (χ1) is 2.94. The standard InChI is InChI=1S/C4H10O2S/c1-4(2)7(3,5)6/h1-3H3,(H,5,6). The lowest BCUT2D eigenvalue weighted by atomic mass is 10.6. The molecule has 1 unspecified atom stereocenters. The minimum Gasteiger partial charge on any atom is -0.314 e. The zero-order chi connectivity index (χ0) is 6.08. The molecule has 0 spiro atoms. The van der Waals surface area contributed by atoms with Gasteiger partial charge in [-0.2, -0.15) is 0 Å². The van der Waals surface area contributed by atoms with E-state index < -0.39 is 9.80 Å². The predicted octanol–water partition coefficient (Wildman–Crippen LogP) is 0.586. The second-order valence-electron chi connectivity index (χ2n) is 1.71. The summed E-state index contributed by atoms with van der Waals surface area (Å²) >= 11 is 0. The highest BCUT2D eigenvalue weighted by Crippen LogP contribution is 1.80. The molecule has 0 radical (unpaired) electrons. The van der Waals surface area contributed by atoms with Crippen molar-refractivity contribution < 1.29 is 8.76 Å². The van der Waals surface area contributed by atoms with Crippen LogP contribution in [0.2, 0.25) is 0 Å². The fourth-order valence-electron chi connectivity index (χ4n) is 0. The van der Waals surface area contributed by atoms with E-state index in [1.54, 1.807) is 13.8 Å². The van der Waals surface area contributed by atoms with Crippen LogP contribution in [0, 0.1) is 0 Å². The summed E-state index contributed by atoms with van der Waals surface area (Å²) in [6, 6.07) is 0. The van der Waals surface area contributed by atoms with Gasteiger partial charge >= 0.3 is 0 Å². The maximum atomic E-state index is 10.4. The van der Waals surface area contributed by atoms with Crippen LogP contribution in [0.15, 0.2) is 0 Å². The largest absolute Gasteiger partial charge is 0.314 e. The lowest BCUT2D eigenvalue weighted by molar-refractivity contribution is 0.565. The van der Waals surface area contributed by atoms with E-state index in [1.807, 2.05) is 0 Å². The van der Waals surface area contributed by atoms with Gasteiger partial charge in [0.2, 0.25) is 0 Å². The molecule has 44 valence electrons. The molecule has 1 N–H and O–H groups in total. The van der Waals surface area contributed by atoms with Gasteiger partial charge in [0.25, 0.3) is 0 Å². The van der Waals surface area contributed by atoms with Crippen LogP contribution in [0.5, 0.6) is 0 Å². The number of rotatable bonds is 0. The maximum absolute atomic E-state index is 10.4. The molecule has 2 nitrogen and oxygen atoms in total. The van der Waals surface area contributed by atoms with Crippen molar-refractivity contribution in [3.05, 3.63) is 0 Å². The molecule has 1 atom stereocenters. The molecule has 0 aliphatic rings. The predicted molar refractivity (Wildman–Crippen MR) is 33.1 cm³/mol.